The second-order valence-corrected chi connectivity index (χ2v) is 2.84. The predicted molar refractivity (Wildman–Crippen MR) is 50.7 cm³/mol. The van der Waals surface area contributed by atoms with Crippen molar-refractivity contribution in [3.63, 3.8) is 0 Å². The standard InChI is InChI=1S/C9H13N3O2/c1-2-8(13)10-4-3-7-5-11-9(14)12-6-7/h5-6H,2-4H2,1H3,(H,10,13)(H,11,12,14). The minimum absolute atomic E-state index is 0.0321. The van der Waals surface area contributed by atoms with Crippen LogP contribution < -0.4 is 5.32 Å². The van der Waals surface area contributed by atoms with Crippen molar-refractivity contribution < 1.29 is 9.90 Å². The van der Waals surface area contributed by atoms with Crippen molar-refractivity contribution in [1.29, 1.82) is 0 Å². The third-order valence-corrected chi connectivity index (χ3v) is 1.75. The molecular weight excluding hydrogens is 182 g/mol. The third kappa shape index (κ3) is 3.38. The lowest BCUT2D eigenvalue weighted by atomic mass is 10.2. The van der Waals surface area contributed by atoms with Crippen LogP contribution in [0.4, 0.5) is 0 Å². The molecule has 0 spiro atoms. The number of carbonyl (C=O) groups excluding carboxylic acids is 1. The molecule has 76 valence electrons. The Bertz CT molecular complexity index is 297. The number of nitrogens with zero attached hydrogens (tertiary/aromatic N) is 2. The molecule has 0 aliphatic carbocycles. The molecular formula is C9H13N3O2. The summed E-state index contributed by atoms with van der Waals surface area (Å²) in [6, 6.07) is -0.230. The Morgan fingerprint density at radius 3 is 2.71 bits per heavy atom. The average molecular weight is 195 g/mol. The van der Waals surface area contributed by atoms with Gasteiger partial charge >= 0.3 is 6.01 Å². The average Bonchev–Trinajstić information content (AvgIpc) is 2.21. The first-order valence-corrected chi connectivity index (χ1v) is 4.49. The highest BCUT2D eigenvalue weighted by Crippen LogP contribution is 1.99. The van der Waals surface area contributed by atoms with Crippen LogP contribution in [0.15, 0.2) is 12.4 Å². The minimum Gasteiger partial charge on any atom is -0.479 e. The number of amides is 1. The van der Waals surface area contributed by atoms with Gasteiger partial charge in [-0.05, 0) is 12.0 Å². The number of rotatable bonds is 4. The van der Waals surface area contributed by atoms with Crippen molar-refractivity contribution in [1.82, 2.24) is 15.3 Å². The Morgan fingerprint density at radius 1 is 1.50 bits per heavy atom. The van der Waals surface area contributed by atoms with Crippen LogP contribution >= 0.6 is 0 Å². The van der Waals surface area contributed by atoms with E-state index in [4.69, 9.17) is 5.11 Å². The maximum absolute atomic E-state index is 10.9. The predicted octanol–water partition coefficient (Wildman–Crippen LogP) is 0.251. The van der Waals surface area contributed by atoms with E-state index in [0.29, 0.717) is 19.4 Å². The first-order chi connectivity index (χ1) is 6.72. The molecule has 5 heteroatoms. The molecule has 0 unspecified atom stereocenters. The molecule has 0 aromatic carbocycles. The smallest absolute Gasteiger partial charge is 0.313 e. The Labute approximate surface area is 82.2 Å². The molecule has 0 atom stereocenters. The number of nitrogens with one attached hydrogen (secondary N) is 1. The first kappa shape index (κ1) is 10.4. The van der Waals surface area contributed by atoms with E-state index in [1.54, 1.807) is 19.3 Å². The molecule has 0 bridgehead atoms. The highest BCUT2D eigenvalue weighted by Gasteiger charge is 1.98. The van der Waals surface area contributed by atoms with E-state index >= 15 is 0 Å². The number of carbonyl (C=O) groups is 1. The summed E-state index contributed by atoms with van der Waals surface area (Å²) < 4.78 is 0. The van der Waals surface area contributed by atoms with Gasteiger partial charge in [-0.25, -0.2) is 9.97 Å². The van der Waals surface area contributed by atoms with Gasteiger partial charge in [0.15, 0.2) is 0 Å². The van der Waals surface area contributed by atoms with Crippen LogP contribution in [0.3, 0.4) is 0 Å². The van der Waals surface area contributed by atoms with Crippen LogP contribution in [-0.4, -0.2) is 27.5 Å². The van der Waals surface area contributed by atoms with Crippen molar-refractivity contribution in [2.45, 2.75) is 19.8 Å². The molecule has 0 radical (unpaired) electrons. The fourth-order valence-corrected chi connectivity index (χ4v) is 0.948. The van der Waals surface area contributed by atoms with E-state index in [1.165, 1.54) is 0 Å². The summed E-state index contributed by atoms with van der Waals surface area (Å²) in [6.07, 6.45) is 4.25. The molecule has 14 heavy (non-hydrogen) atoms. The molecule has 0 saturated carbocycles. The van der Waals surface area contributed by atoms with Gasteiger partial charge < -0.3 is 10.4 Å². The van der Waals surface area contributed by atoms with Gasteiger partial charge in [-0.3, -0.25) is 4.79 Å². The topological polar surface area (TPSA) is 75.1 Å². The van der Waals surface area contributed by atoms with Crippen LogP contribution in [0, 0.1) is 0 Å². The van der Waals surface area contributed by atoms with E-state index in [-0.39, 0.29) is 11.9 Å². The normalized spacial score (nSPS) is 9.79. The zero-order chi connectivity index (χ0) is 10.4. The van der Waals surface area contributed by atoms with E-state index in [1.807, 2.05) is 0 Å². The highest BCUT2D eigenvalue weighted by atomic mass is 16.3. The zero-order valence-electron chi connectivity index (χ0n) is 8.03. The van der Waals surface area contributed by atoms with Gasteiger partial charge in [-0.2, -0.15) is 0 Å². The van der Waals surface area contributed by atoms with Gasteiger partial charge in [0.25, 0.3) is 0 Å². The maximum Gasteiger partial charge on any atom is 0.313 e. The number of hydrogen-bond donors (Lipinski definition) is 2. The van der Waals surface area contributed by atoms with Crippen LogP contribution in [0.5, 0.6) is 6.01 Å². The highest BCUT2D eigenvalue weighted by molar-refractivity contribution is 5.75. The van der Waals surface area contributed by atoms with Gasteiger partial charge in [0.2, 0.25) is 5.91 Å². The summed E-state index contributed by atoms with van der Waals surface area (Å²) in [5.41, 5.74) is 0.888. The molecule has 1 amide bonds. The molecule has 1 aromatic rings. The second kappa shape index (κ2) is 5.16. The van der Waals surface area contributed by atoms with Crippen LogP contribution in [0.2, 0.25) is 0 Å². The van der Waals surface area contributed by atoms with Gasteiger partial charge in [0.1, 0.15) is 0 Å². The fourth-order valence-electron chi connectivity index (χ4n) is 0.948. The summed E-state index contributed by atoms with van der Waals surface area (Å²) in [6.45, 7) is 2.37. The Kier molecular flexibility index (Phi) is 3.84. The van der Waals surface area contributed by atoms with Crippen LogP contribution in [-0.2, 0) is 11.2 Å². The summed E-state index contributed by atoms with van der Waals surface area (Å²) in [4.78, 5) is 18.1. The first-order valence-electron chi connectivity index (χ1n) is 4.49. The molecule has 1 heterocycles. The van der Waals surface area contributed by atoms with Gasteiger partial charge in [-0.15, -0.1) is 0 Å². The lowest BCUT2D eigenvalue weighted by Gasteiger charge is -2.02. The molecule has 1 aromatic heterocycles. The minimum atomic E-state index is -0.230. The Morgan fingerprint density at radius 2 is 2.14 bits per heavy atom. The fraction of sp³-hybridized carbons (Fsp3) is 0.444. The quantitative estimate of drug-likeness (QED) is 0.722. The zero-order valence-corrected chi connectivity index (χ0v) is 8.03. The van der Waals surface area contributed by atoms with E-state index in [0.717, 1.165) is 5.56 Å². The van der Waals surface area contributed by atoms with Crippen molar-refractivity contribution in [2.24, 2.45) is 0 Å². The number of aromatic nitrogens is 2. The van der Waals surface area contributed by atoms with E-state index in [9.17, 15) is 4.79 Å². The van der Waals surface area contributed by atoms with Crippen molar-refractivity contribution >= 4 is 5.91 Å². The SMILES string of the molecule is CCC(=O)NCCc1cnc(O)nc1. The molecule has 5 nitrogen and oxygen atoms in total. The Hall–Kier alpha value is -1.65. The summed E-state index contributed by atoms with van der Waals surface area (Å²) in [5, 5.41) is 11.6. The van der Waals surface area contributed by atoms with Crippen molar-refractivity contribution in [3.8, 4) is 6.01 Å². The largest absolute Gasteiger partial charge is 0.479 e. The maximum atomic E-state index is 10.9. The molecule has 2 N–H and O–H groups in total. The van der Waals surface area contributed by atoms with Crippen LogP contribution in [0.1, 0.15) is 18.9 Å². The number of aromatic hydroxyl groups is 1. The van der Waals surface area contributed by atoms with Gasteiger partial charge in [-0.1, -0.05) is 6.92 Å². The van der Waals surface area contributed by atoms with E-state index in [2.05, 4.69) is 15.3 Å². The van der Waals surface area contributed by atoms with Crippen molar-refractivity contribution in [3.05, 3.63) is 18.0 Å². The monoisotopic (exact) mass is 195 g/mol. The third-order valence-electron chi connectivity index (χ3n) is 1.75. The van der Waals surface area contributed by atoms with Crippen LogP contribution in [0.25, 0.3) is 0 Å². The summed E-state index contributed by atoms with van der Waals surface area (Å²) >= 11 is 0. The molecule has 0 aliphatic rings. The van der Waals surface area contributed by atoms with E-state index < -0.39 is 0 Å². The molecule has 0 saturated heterocycles. The lowest BCUT2D eigenvalue weighted by molar-refractivity contribution is -0.120. The Balaban J connectivity index is 2.31. The summed E-state index contributed by atoms with van der Waals surface area (Å²) in [7, 11) is 0. The molecule has 0 fully saturated rings. The lowest BCUT2D eigenvalue weighted by Crippen LogP contribution is -2.24. The van der Waals surface area contributed by atoms with Crippen molar-refractivity contribution in [2.75, 3.05) is 6.54 Å². The summed E-state index contributed by atoms with van der Waals surface area (Å²) in [5.74, 6) is 0.0321. The van der Waals surface area contributed by atoms with Gasteiger partial charge in [0.05, 0.1) is 0 Å². The molecule has 1 rings (SSSR count). The number of hydrogen-bond acceptors (Lipinski definition) is 4. The molecule has 0 aliphatic heterocycles. The van der Waals surface area contributed by atoms with Gasteiger partial charge in [0, 0.05) is 25.4 Å². The second-order valence-electron chi connectivity index (χ2n) is 2.84.